The van der Waals surface area contributed by atoms with Crippen LogP contribution in [0.1, 0.15) is 43.4 Å². The molecule has 0 nitrogen and oxygen atoms in total. The summed E-state index contributed by atoms with van der Waals surface area (Å²) in [6.45, 7) is 4.28. The smallest absolute Gasteiger partial charge is 0.132 e. The molecule has 0 radical (unpaired) electrons. The molecule has 1 saturated carbocycles. The first kappa shape index (κ1) is 14.2. The van der Waals surface area contributed by atoms with Crippen molar-refractivity contribution in [2.45, 2.75) is 38.5 Å². The van der Waals surface area contributed by atoms with E-state index < -0.39 is 0 Å². The van der Waals surface area contributed by atoms with Crippen LogP contribution >= 0.6 is 20.6 Å². The summed E-state index contributed by atoms with van der Waals surface area (Å²) in [5.41, 5.74) is 1.18. The monoisotopic (exact) mass is 306 g/mol. The lowest BCUT2D eigenvalue weighted by Crippen LogP contribution is -2.07. The van der Waals surface area contributed by atoms with E-state index in [4.69, 9.17) is 0 Å². The Morgan fingerprint density at radius 1 is 1.30 bits per heavy atom. The lowest BCUT2D eigenvalue weighted by atomic mass is 9.85. The maximum Gasteiger partial charge on any atom is 0.132 e. The number of rotatable bonds is 3. The van der Waals surface area contributed by atoms with Crippen LogP contribution in [0.15, 0.2) is 24.8 Å². The van der Waals surface area contributed by atoms with E-state index >= 15 is 0 Å². The topological polar surface area (TPSA) is 0 Å². The molecule has 1 aliphatic carbocycles. The van der Waals surface area contributed by atoms with Gasteiger partial charge in [0.05, 0.1) is 0 Å². The summed E-state index contributed by atoms with van der Waals surface area (Å²) in [5.74, 6) is 0.649. The molecule has 0 spiro atoms. The van der Waals surface area contributed by atoms with Gasteiger partial charge < -0.3 is 0 Å². The fourth-order valence-electron chi connectivity index (χ4n) is 3.22. The zero-order chi connectivity index (χ0) is 14.1. The molecule has 1 aromatic heterocycles. The second kappa shape index (κ2) is 5.95. The van der Waals surface area contributed by atoms with Crippen molar-refractivity contribution < 1.29 is 4.39 Å². The van der Waals surface area contributed by atoms with Gasteiger partial charge in [-0.3, -0.25) is 0 Å². The highest BCUT2D eigenvalue weighted by molar-refractivity contribution is 7.33. The fraction of sp³-hybridized carbons (Fsp3) is 0.412. The molecule has 0 saturated heterocycles. The van der Waals surface area contributed by atoms with Crippen molar-refractivity contribution in [3.63, 3.8) is 0 Å². The van der Waals surface area contributed by atoms with Crippen LogP contribution < -0.4 is 5.30 Å². The van der Waals surface area contributed by atoms with E-state index in [0.717, 1.165) is 27.7 Å². The molecule has 0 amide bonds. The van der Waals surface area contributed by atoms with Crippen molar-refractivity contribution in [2.75, 3.05) is 0 Å². The van der Waals surface area contributed by atoms with Crippen LogP contribution in [-0.2, 0) is 0 Å². The Kier molecular flexibility index (Phi) is 4.23. The van der Waals surface area contributed by atoms with Gasteiger partial charge in [0, 0.05) is 15.0 Å². The molecule has 1 atom stereocenters. The number of halogens is 1. The van der Waals surface area contributed by atoms with E-state index in [1.165, 1.54) is 48.6 Å². The molecule has 1 unspecified atom stereocenters. The summed E-state index contributed by atoms with van der Waals surface area (Å²) in [5, 5.41) is 1.74. The molecule has 3 heteroatoms. The van der Waals surface area contributed by atoms with Gasteiger partial charge in [-0.15, -0.1) is 20.6 Å². The quantitative estimate of drug-likeness (QED) is 0.655. The highest BCUT2D eigenvalue weighted by atomic mass is 32.1. The van der Waals surface area contributed by atoms with Gasteiger partial charge in [-0.25, -0.2) is 4.39 Å². The highest BCUT2D eigenvalue weighted by Crippen LogP contribution is 2.36. The van der Waals surface area contributed by atoms with Gasteiger partial charge in [0.1, 0.15) is 5.82 Å². The highest BCUT2D eigenvalue weighted by Gasteiger charge is 2.19. The minimum absolute atomic E-state index is 0.125. The average Bonchev–Trinajstić information content (AvgIpc) is 2.79. The molecule has 2 aromatic rings. The maximum absolute atomic E-state index is 13.9. The van der Waals surface area contributed by atoms with Crippen LogP contribution in [0.3, 0.4) is 0 Å². The zero-order valence-corrected chi connectivity index (χ0v) is 13.6. The van der Waals surface area contributed by atoms with Crippen LogP contribution in [0.4, 0.5) is 4.39 Å². The molecule has 0 N–H and O–H groups in total. The Morgan fingerprint density at radius 2 is 2.05 bits per heavy atom. The third-order valence-corrected chi connectivity index (χ3v) is 6.34. The van der Waals surface area contributed by atoms with Crippen LogP contribution in [0, 0.1) is 11.7 Å². The molecule has 1 heterocycles. The second-order valence-corrected chi connectivity index (χ2v) is 7.40. The van der Waals surface area contributed by atoms with Crippen molar-refractivity contribution in [1.82, 2.24) is 0 Å². The summed E-state index contributed by atoms with van der Waals surface area (Å²) >= 11 is 1.67. The molecule has 1 aromatic carbocycles. The number of fused-ring (bicyclic) bond motifs is 1. The van der Waals surface area contributed by atoms with Gasteiger partial charge in [-0.1, -0.05) is 44.7 Å². The fourth-order valence-corrected chi connectivity index (χ4v) is 5.12. The van der Waals surface area contributed by atoms with Crippen LogP contribution in [-0.4, -0.2) is 0 Å². The molecule has 106 valence electrons. The molecular weight excluding hydrogens is 286 g/mol. The molecule has 3 rings (SSSR count). The lowest BCUT2D eigenvalue weighted by molar-refractivity contribution is 0.365. The summed E-state index contributed by atoms with van der Waals surface area (Å²) in [6.07, 6.45) is 7.80. The Balaban J connectivity index is 1.87. The SMILES string of the molecule is C=C(CC1CCCCC1)c1sc2cccc(F)c2c1P. The van der Waals surface area contributed by atoms with Gasteiger partial charge in [-0.2, -0.15) is 0 Å². The number of hydrogen-bond donors (Lipinski definition) is 0. The number of benzene rings is 1. The first-order valence-electron chi connectivity index (χ1n) is 7.31. The number of thiophene rings is 1. The molecule has 0 aliphatic heterocycles. The van der Waals surface area contributed by atoms with Gasteiger partial charge in [-0.05, 0) is 35.3 Å². The predicted octanol–water partition coefficient (Wildman–Crippen LogP) is 5.52. The van der Waals surface area contributed by atoms with Crippen molar-refractivity contribution in [2.24, 2.45) is 5.92 Å². The van der Waals surface area contributed by atoms with Crippen molar-refractivity contribution >= 4 is 41.5 Å². The normalized spacial score (nSPS) is 16.7. The van der Waals surface area contributed by atoms with E-state index in [9.17, 15) is 4.39 Å². The van der Waals surface area contributed by atoms with Gasteiger partial charge in [0.2, 0.25) is 0 Å². The maximum atomic E-state index is 13.9. The Bertz CT molecular complexity index is 638. The van der Waals surface area contributed by atoms with Gasteiger partial charge in [0.25, 0.3) is 0 Å². The summed E-state index contributed by atoms with van der Waals surface area (Å²) < 4.78 is 15.0. The molecule has 1 fully saturated rings. The van der Waals surface area contributed by atoms with Crippen LogP contribution in [0.2, 0.25) is 0 Å². The third kappa shape index (κ3) is 2.69. The number of hydrogen-bond acceptors (Lipinski definition) is 1. The average molecular weight is 306 g/mol. The predicted molar refractivity (Wildman–Crippen MR) is 91.4 cm³/mol. The summed E-state index contributed by atoms with van der Waals surface area (Å²) in [6, 6.07) is 5.32. The zero-order valence-electron chi connectivity index (χ0n) is 11.6. The number of allylic oxidation sites excluding steroid dienone is 1. The Hall–Kier alpha value is -0.720. The van der Waals surface area contributed by atoms with E-state index in [1.54, 1.807) is 17.4 Å². The van der Waals surface area contributed by atoms with E-state index in [-0.39, 0.29) is 5.82 Å². The van der Waals surface area contributed by atoms with Crippen molar-refractivity contribution in [3.05, 3.63) is 35.5 Å². The molecule has 20 heavy (non-hydrogen) atoms. The van der Waals surface area contributed by atoms with Crippen molar-refractivity contribution in [3.8, 4) is 0 Å². The van der Waals surface area contributed by atoms with Crippen LogP contribution in [0.25, 0.3) is 15.7 Å². The standard InChI is InChI=1S/C17H20FPS/c1-11(10-12-6-3-2-4-7-12)17-16(19)15-13(18)8-5-9-14(15)20-17/h5,8-9,12H,1-4,6-7,10,19H2. The molecule has 0 bridgehead atoms. The molecular formula is C17H20FPS. The van der Waals surface area contributed by atoms with E-state index in [2.05, 4.69) is 15.8 Å². The van der Waals surface area contributed by atoms with Gasteiger partial charge in [0.15, 0.2) is 0 Å². The third-order valence-electron chi connectivity index (χ3n) is 4.28. The first-order chi connectivity index (χ1) is 9.66. The van der Waals surface area contributed by atoms with E-state index in [0.29, 0.717) is 0 Å². The summed E-state index contributed by atoms with van der Waals surface area (Å²) in [4.78, 5) is 1.17. The first-order valence-corrected chi connectivity index (χ1v) is 8.71. The lowest BCUT2D eigenvalue weighted by Gasteiger charge is -2.22. The minimum atomic E-state index is -0.125. The second-order valence-electron chi connectivity index (χ2n) is 5.77. The van der Waals surface area contributed by atoms with Crippen molar-refractivity contribution in [1.29, 1.82) is 0 Å². The summed E-state index contributed by atoms with van der Waals surface area (Å²) in [7, 11) is 2.72. The van der Waals surface area contributed by atoms with Crippen LogP contribution in [0.5, 0.6) is 0 Å². The minimum Gasteiger partial charge on any atom is -0.206 e. The Labute approximate surface area is 126 Å². The molecule has 1 aliphatic rings. The largest absolute Gasteiger partial charge is 0.206 e. The Morgan fingerprint density at radius 3 is 2.75 bits per heavy atom. The van der Waals surface area contributed by atoms with E-state index in [1.807, 2.05) is 6.07 Å². The van der Waals surface area contributed by atoms with Gasteiger partial charge >= 0.3 is 0 Å².